The van der Waals surface area contributed by atoms with E-state index in [2.05, 4.69) is 5.32 Å². The molecule has 0 aromatic heterocycles. The number of rotatable bonds is 7. The molecule has 9 nitrogen and oxygen atoms in total. The maximum Gasteiger partial charge on any atom is 0.257 e. The number of carbonyl (C=O) groups is 3. The van der Waals surface area contributed by atoms with E-state index in [1.54, 1.807) is 18.2 Å². The SMILES string of the molecule is O=C1CCC(N2C(=O)c3ccc(OCCCCC4OCCO4)cc3C2O)C(=O)N1. The van der Waals surface area contributed by atoms with Gasteiger partial charge in [0, 0.05) is 17.5 Å². The third kappa shape index (κ3) is 4.12. The third-order valence-electron chi connectivity index (χ3n) is 5.37. The van der Waals surface area contributed by atoms with Crippen molar-refractivity contribution in [3.8, 4) is 5.75 Å². The Morgan fingerprint density at radius 3 is 2.72 bits per heavy atom. The number of piperidine rings is 1. The molecular formula is C20H24N2O7. The fraction of sp³-hybridized carbons (Fsp3) is 0.550. The van der Waals surface area contributed by atoms with E-state index in [0.29, 0.717) is 36.7 Å². The quantitative estimate of drug-likeness (QED) is 0.512. The Balaban J connectivity index is 1.34. The number of hydrogen-bond acceptors (Lipinski definition) is 7. The highest BCUT2D eigenvalue weighted by Gasteiger charge is 2.44. The van der Waals surface area contributed by atoms with Crippen LogP contribution in [0.2, 0.25) is 0 Å². The number of carbonyl (C=O) groups excluding carboxylic acids is 3. The van der Waals surface area contributed by atoms with E-state index in [0.717, 1.165) is 24.2 Å². The molecule has 2 atom stereocenters. The second-order valence-corrected chi connectivity index (χ2v) is 7.32. The number of hydrogen-bond donors (Lipinski definition) is 2. The highest BCUT2D eigenvalue weighted by molar-refractivity contribution is 6.05. The van der Waals surface area contributed by atoms with E-state index in [4.69, 9.17) is 14.2 Å². The number of nitrogens with one attached hydrogen (secondary N) is 1. The Labute approximate surface area is 167 Å². The van der Waals surface area contributed by atoms with Crippen molar-refractivity contribution in [2.45, 2.75) is 50.7 Å². The number of ether oxygens (including phenoxy) is 3. The number of benzene rings is 1. The van der Waals surface area contributed by atoms with E-state index in [1.165, 1.54) is 0 Å². The minimum atomic E-state index is -1.25. The molecular weight excluding hydrogens is 380 g/mol. The summed E-state index contributed by atoms with van der Waals surface area (Å²) in [7, 11) is 0. The van der Waals surface area contributed by atoms with Crippen molar-refractivity contribution in [3.63, 3.8) is 0 Å². The molecule has 0 bridgehead atoms. The monoisotopic (exact) mass is 404 g/mol. The van der Waals surface area contributed by atoms with Gasteiger partial charge >= 0.3 is 0 Å². The Morgan fingerprint density at radius 2 is 1.97 bits per heavy atom. The van der Waals surface area contributed by atoms with E-state index < -0.39 is 24.1 Å². The van der Waals surface area contributed by atoms with Crippen LogP contribution in [0.1, 0.15) is 54.3 Å². The lowest BCUT2D eigenvalue weighted by Crippen LogP contribution is -2.53. The van der Waals surface area contributed by atoms with Gasteiger partial charge in [0.2, 0.25) is 11.8 Å². The highest BCUT2D eigenvalue weighted by atomic mass is 16.7. The van der Waals surface area contributed by atoms with Gasteiger partial charge in [-0.1, -0.05) is 0 Å². The Bertz CT molecular complexity index is 806. The molecule has 3 aliphatic rings. The van der Waals surface area contributed by atoms with Gasteiger partial charge in [-0.15, -0.1) is 0 Å². The Morgan fingerprint density at radius 1 is 1.17 bits per heavy atom. The molecule has 2 fully saturated rings. The summed E-state index contributed by atoms with van der Waals surface area (Å²) in [5.74, 6) is -0.806. The van der Waals surface area contributed by atoms with Crippen LogP contribution in [0.15, 0.2) is 18.2 Å². The zero-order valence-corrected chi connectivity index (χ0v) is 16.0. The molecule has 4 rings (SSSR count). The lowest BCUT2D eigenvalue weighted by molar-refractivity contribution is -0.139. The van der Waals surface area contributed by atoms with E-state index in [9.17, 15) is 19.5 Å². The van der Waals surface area contributed by atoms with Gasteiger partial charge < -0.3 is 19.3 Å². The number of aliphatic hydroxyl groups excluding tert-OH is 1. The Hall–Kier alpha value is -2.49. The van der Waals surface area contributed by atoms with Crippen molar-refractivity contribution in [2.24, 2.45) is 0 Å². The Kier molecular flexibility index (Phi) is 5.79. The first kappa shape index (κ1) is 19.8. The fourth-order valence-electron chi connectivity index (χ4n) is 3.88. The van der Waals surface area contributed by atoms with Crippen LogP contribution >= 0.6 is 0 Å². The molecule has 0 spiro atoms. The molecule has 0 radical (unpaired) electrons. The van der Waals surface area contributed by atoms with Crippen molar-refractivity contribution >= 4 is 17.7 Å². The van der Waals surface area contributed by atoms with Crippen LogP contribution in [-0.2, 0) is 19.1 Å². The van der Waals surface area contributed by atoms with Gasteiger partial charge in [0.05, 0.1) is 19.8 Å². The zero-order chi connectivity index (χ0) is 20.4. The molecule has 29 heavy (non-hydrogen) atoms. The first-order valence-corrected chi connectivity index (χ1v) is 9.89. The summed E-state index contributed by atoms with van der Waals surface area (Å²) >= 11 is 0. The van der Waals surface area contributed by atoms with Gasteiger partial charge in [0.1, 0.15) is 11.8 Å². The minimum Gasteiger partial charge on any atom is -0.494 e. The predicted octanol–water partition coefficient (Wildman–Crippen LogP) is 0.860. The van der Waals surface area contributed by atoms with Crippen molar-refractivity contribution < 1.29 is 33.7 Å². The molecule has 3 aliphatic heterocycles. The number of amides is 3. The molecule has 2 saturated heterocycles. The lowest BCUT2D eigenvalue weighted by atomic mass is 10.0. The number of imide groups is 1. The maximum absolute atomic E-state index is 12.7. The van der Waals surface area contributed by atoms with Crippen molar-refractivity contribution in [1.29, 1.82) is 0 Å². The van der Waals surface area contributed by atoms with E-state index in [-0.39, 0.29) is 25.0 Å². The van der Waals surface area contributed by atoms with Crippen LogP contribution in [0.4, 0.5) is 0 Å². The average molecular weight is 404 g/mol. The molecule has 156 valence electrons. The van der Waals surface area contributed by atoms with Crippen LogP contribution in [0.3, 0.4) is 0 Å². The number of unbranched alkanes of at least 4 members (excludes halogenated alkanes) is 1. The topological polar surface area (TPSA) is 114 Å². The summed E-state index contributed by atoms with van der Waals surface area (Å²) < 4.78 is 16.5. The first-order valence-electron chi connectivity index (χ1n) is 9.89. The summed E-state index contributed by atoms with van der Waals surface area (Å²) in [6.07, 6.45) is 1.51. The number of aliphatic hydroxyl groups is 1. The van der Waals surface area contributed by atoms with Crippen LogP contribution in [0.25, 0.3) is 0 Å². The zero-order valence-electron chi connectivity index (χ0n) is 16.0. The first-order chi connectivity index (χ1) is 14.0. The standard InChI is InChI=1S/C20H24N2O7/c23-16-7-6-15(18(24)21-16)22-19(25)13-5-4-12(11-14(13)20(22)26)27-8-2-1-3-17-28-9-10-29-17/h4-5,11,15,17,20,26H,1-3,6-10H2,(H,21,23,24). The van der Waals surface area contributed by atoms with Gasteiger partial charge in [0.25, 0.3) is 5.91 Å². The average Bonchev–Trinajstić information content (AvgIpc) is 3.30. The molecule has 0 aliphatic carbocycles. The van der Waals surface area contributed by atoms with E-state index >= 15 is 0 Å². The van der Waals surface area contributed by atoms with Crippen LogP contribution in [-0.4, -0.2) is 59.9 Å². The van der Waals surface area contributed by atoms with Crippen molar-refractivity contribution in [2.75, 3.05) is 19.8 Å². The van der Waals surface area contributed by atoms with Crippen LogP contribution in [0, 0.1) is 0 Å². The summed E-state index contributed by atoms with van der Waals surface area (Å²) in [4.78, 5) is 37.3. The molecule has 0 saturated carbocycles. The van der Waals surface area contributed by atoms with Gasteiger partial charge in [-0.2, -0.15) is 0 Å². The smallest absolute Gasteiger partial charge is 0.257 e. The molecule has 2 unspecified atom stereocenters. The molecule has 1 aromatic carbocycles. The number of fused-ring (bicyclic) bond motifs is 1. The van der Waals surface area contributed by atoms with Crippen molar-refractivity contribution in [1.82, 2.24) is 10.2 Å². The van der Waals surface area contributed by atoms with Crippen molar-refractivity contribution in [3.05, 3.63) is 29.3 Å². The molecule has 9 heteroatoms. The molecule has 1 aromatic rings. The van der Waals surface area contributed by atoms with Crippen LogP contribution in [0.5, 0.6) is 5.75 Å². The fourth-order valence-corrected chi connectivity index (χ4v) is 3.88. The molecule has 3 amide bonds. The van der Waals surface area contributed by atoms with Gasteiger partial charge in [-0.3, -0.25) is 24.6 Å². The normalized spacial score (nSPS) is 24.7. The highest BCUT2D eigenvalue weighted by Crippen LogP contribution is 2.37. The van der Waals surface area contributed by atoms with Gasteiger partial charge in [-0.25, -0.2) is 0 Å². The predicted molar refractivity (Wildman–Crippen MR) is 98.8 cm³/mol. The van der Waals surface area contributed by atoms with E-state index in [1.807, 2.05) is 0 Å². The second kappa shape index (κ2) is 8.48. The summed E-state index contributed by atoms with van der Waals surface area (Å²) in [5.41, 5.74) is 0.745. The number of nitrogens with zero attached hydrogens (tertiary/aromatic N) is 1. The second-order valence-electron chi connectivity index (χ2n) is 7.32. The third-order valence-corrected chi connectivity index (χ3v) is 5.37. The summed E-state index contributed by atoms with van der Waals surface area (Å²) in [6, 6.07) is 4.04. The summed E-state index contributed by atoms with van der Waals surface area (Å²) in [6.45, 7) is 1.78. The molecule has 2 N–H and O–H groups in total. The van der Waals surface area contributed by atoms with Gasteiger partial charge in [-0.05, 0) is 43.9 Å². The largest absolute Gasteiger partial charge is 0.494 e. The molecule has 3 heterocycles. The van der Waals surface area contributed by atoms with Crippen LogP contribution < -0.4 is 10.1 Å². The maximum atomic E-state index is 12.7. The van der Waals surface area contributed by atoms with Gasteiger partial charge in [0.15, 0.2) is 12.5 Å². The lowest BCUT2D eigenvalue weighted by Gasteiger charge is -2.31. The summed E-state index contributed by atoms with van der Waals surface area (Å²) in [5, 5.41) is 12.9. The minimum absolute atomic E-state index is 0.116.